The summed E-state index contributed by atoms with van der Waals surface area (Å²) in [5, 5.41) is 0. The number of hydrogen-bond donors (Lipinski definition) is 1. The van der Waals surface area contributed by atoms with Gasteiger partial charge in [0.2, 0.25) is 0 Å². The van der Waals surface area contributed by atoms with Crippen molar-refractivity contribution in [2.45, 2.75) is 26.2 Å². The lowest BCUT2D eigenvalue weighted by molar-refractivity contribution is 0.0593. The second-order valence-electron chi connectivity index (χ2n) is 3.77. The number of nitrogens with zero attached hydrogens (tertiary/aromatic N) is 1. The Hall–Kier alpha value is -1.58. The zero-order valence-corrected chi connectivity index (χ0v) is 8.96. The van der Waals surface area contributed by atoms with Crippen molar-refractivity contribution in [2.75, 3.05) is 12.8 Å². The minimum atomic E-state index is -0.408. The number of nitrogen functional groups attached to an aromatic ring is 1. The fourth-order valence-electron chi connectivity index (χ4n) is 2.01. The van der Waals surface area contributed by atoms with Gasteiger partial charge in [0.15, 0.2) is 5.69 Å². The molecule has 0 spiro atoms. The van der Waals surface area contributed by atoms with Gasteiger partial charge in [0, 0.05) is 16.9 Å². The Morgan fingerprint density at radius 2 is 2.20 bits per heavy atom. The van der Waals surface area contributed by atoms with Crippen LogP contribution in [0.1, 0.15) is 33.7 Å². The van der Waals surface area contributed by atoms with Gasteiger partial charge in [-0.2, -0.15) is 0 Å². The van der Waals surface area contributed by atoms with Crippen LogP contribution in [0.25, 0.3) is 0 Å². The predicted octanol–water partition coefficient (Wildman–Crippen LogP) is 1.25. The van der Waals surface area contributed by atoms with E-state index in [0.29, 0.717) is 11.4 Å². The van der Waals surface area contributed by atoms with Crippen LogP contribution in [0.5, 0.6) is 0 Å². The molecule has 80 valence electrons. The smallest absolute Gasteiger partial charge is 0.357 e. The first-order chi connectivity index (χ1) is 7.15. The molecule has 0 atom stereocenters. The van der Waals surface area contributed by atoms with E-state index < -0.39 is 5.97 Å². The van der Waals surface area contributed by atoms with Crippen LogP contribution in [0.3, 0.4) is 0 Å². The molecule has 1 aliphatic rings. The van der Waals surface area contributed by atoms with E-state index in [4.69, 9.17) is 5.73 Å². The number of methoxy groups -OCH3 is 1. The number of rotatable bonds is 1. The maximum Gasteiger partial charge on any atom is 0.357 e. The summed E-state index contributed by atoms with van der Waals surface area (Å²) in [5.41, 5.74) is 9.85. The molecule has 0 amide bonds. The van der Waals surface area contributed by atoms with Crippen LogP contribution in [0.4, 0.5) is 5.69 Å². The SMILES string of the molecule is COC(=O)c1nc2c(c(N)c1C)CCC2. The summed E-state index contributed by atoms with van der Waals surface area (Å²) in [4.78, 5) is 15.8. The van der Waals surface area contributed by atoms with Crippen molar-refractivity contribution in [3.63, 3.8) is 0 Å². The van der Waals surface area contributed by atoms with Crippen molar-refractivity contribution in [3.05, 3.63) is 22.5 Å². The van der Waals surface area contributed by atoms with E-state index in [9.17, 15) is 4.79 Å². The number of ether oxygens (including phenoxy) is 1. The summed E-state index contributed by atoms with van der Waals surface area (Å²) in [5.74, 6) is -0.408. The van der Waals surface area contributed by atoms with Crippen LogP contribution in [-0.2, 0) is 17.6 Å². The zero-order chi connectivity index (χ0) is 11.0. The molecule has 1 aliphatic carbocycles. The highest BCUT2D eigenvalue weighted by molar-refractivity contribution is 5.90. The first-order valence-corrected chi connectivity index (χ1v) is 5.01. The molecule has 15 heavy (non-hydrogen) atoms. The summed E-state index contributed by atoms with van der Waals surface area (Å²) in [6.45, 7) is 1.81. The number of aryl methyl sites for hydroxylation is 1. The van der Waals surface area contributed by atoms with E-state index in [1.807, 2.05) is 6.92 Å². The van der Waals surface area contributed by atoms with Gasteiger partial charge in [-0.1, -0.05) is 0 Å². The van der Waals surface area contributed by atoms with Gasteiger partial charge < -0.3 is 10.5 Å². The summed E-state index contributed by atoms with van der Waals surface area (Å²) >= 11 is 0. The van der Waals surface area contributed by atoms with E-state index in [0.717, 1.165) is 36.1 Å². The molecule has 0 bridgehead atoms. The molecule has 0 saturated heterocycles. The number of hydrogen-bond acceptors (Lipinski definition) is 4. The molecular formula is C11H14N2O2. The maximum atomic E-state index is 11.4. The molecule has 0 unspecified atom stereocenters. The van der Waals surface area contributed by atoms with Gasteiger partial charge in [0.05, 0.1) is 7.11 Å². The molecule has 2 rings (SSSR count). The Bertz CT molecular complexity index is 427. The van der Waals surface area contributed by atoms with E-state index in [-0.39, 0.29) is 0 Å². The van der Waals surface area contributed by atoms with Gasteiger partial charge in [-0.05, 0) is 31.7 Å². The zero-order valence-electron chi connectivity index (χ0n) is 8.96. The Morgan fingerprint density at radius 1 is 1.47 bits per heavy atom. The Balaban J connectivity index is 2.59. The average Bonchev–Trinajstić information content (AvgIpc) is 2.70. The molecule has 2 N–H and O–H groups in total. The number of pyridine rings is 1. The normalized spacial score (nSPS) is 13.7. The third-order valence-electron chi connectivity index (χ3n) is 2.90. The van der Waals surface area contributed by atoms with Gasteiger partial charge in [0.25, 0.3) is 0 Å². The number of fused-ring (bicyclic) bond motifs is 1. The minimum Gasteiger partial charge on any atom is -0.464 e. The van der Waals surface area contributed by atoms with Gasteiger partial charge in [-0.25, -0.2) is 9.78 Å². The first kappa shape index (κ1) is 9.96. The largest absolute Gasteiger partial charge is 0.464 e. The molecule has 1 aromatic rings. The van der Waals surface area contributed by atoms with Crippen LogP contribution in [0.2, 0.25) is 0 Å². The standard InChI is InChI=1S/C11H14N2O2/c1-6-9(12)7-4-3-5-8(7)13-10(6)11(14)15-2/h3-5H2,1-2H3,(H2,12,13). The lowest BCUT2D eigenvalue weighted by Crippen LogP contribution is -2.12. The van der Waals surface area contributed by atoms with Crippen LogP contribution in [0.15, 0.2) is 0 Å². The summed E-state index contributed by atoms with van der Waals surface area (Å²) < 4.78 is 4.67. The highest BCUT2D eigenvalue weighted by Crippen LogP contribution is 2.29. The van der Waals surface area contributed by atoms with Gasteiger partial charge in [-0.3, -0.25) is 0 Å². The minimum absolute atomic E-state index is 0.357. The Kier molecular flexibility index (Phi) is 2.34. The molecule has 0 radical (unpaired) electrons. The first-order valence-electron chi connectivity index (χ1n) is 5.01. The lowest BCUT2D eigenvalue weighted by atomic mass is 10.1. The number of nitrogens with two attached hydrogens (primary N) is 1. The fourth-order valence-corrected chi connectivity index (χ4v) is 2.01. The third-order valence-corrected chi connectivity index (χ3v) is 2.90. The average molecular weight is 206 g/mol. The second kappa shape index (κ2) is 3.53. The van der Waals surface area contributed by atoms with Gasteiger partial charge >= 0.3 is 5.97 Å². The molecule has 0 saturated carbocycles. The summed E-state index contributed by atoms with van der Waals surface area (Å²) in [7, 11) is 1.35. The van der Waals surface area contributed by atoms with Gasteiger partial charge in [-0.15, -0.1) is 0 Å². The summed E-state index contributed by atoms with van der Waals surface area (Å²) in [6.07, 6.45) is 2.94. The maximum absolute atomic E-state index is 11.4. The number of carbonyl (C=O) groups excluding carboxylic acids is 1. The fraction of sp³-hybridized carbons (Fsp3) is 0.455. The Morgan fingerprint density at radius 3 is 2.87 bits per heavy atom. The molecule has 4 nitrogen and oxygen atoms in total. The second-order valence-corrected chi connectivity index (χ2v) is 3.77. The van der Waals surface area contributed by atoms with Crippen molar-refractivity contribution in [1.82, 2.24) is 4.98 Å². The number of aromatic nitrogens is 1. The van der Waals surface area contributed by atoms with E-state index in [1.54, 1.807) is 0 Å². The topological polar surface area (TPSA) is 65.2 Å². The molecule has 0 aliphatic heterocycles. The van der Waals surface area contributed by atoms with Crippen molar-refractivity contribution < 1.29 is 9.53 Å². The van der Waals surface area contributed by atoms with Crippen LogP contribution >= 0.6 is 0 Å². The van der Waals surface area contributed by atoms with E-state index in [1.165, 1.54) is 7.11 Å². The quantitative estimate of drug-likeness (QED) is 0.702. The highest BCUT2D eigenvalue weighted by atomic mass is 16.5. The summed E-state index contributed by atoms with van der Waals surface area (Å²) in [6, 6.07) is 0. The lowest BCUT2D eigenvalue weighted by Gasteiger charge is -2.10. The third kappa shape index (κ3) is 1.46. The van der Waals surface area contributed by atoms with Gasteiger partial charge in [0.1, 0.15) is 0 Å². The monoisotopic (exact) mass is 206 g/mol. The Labute approximate surface area is 88.4 Å². The molecule has 1 heterocycles. The molecular weight excluding hydrogens is 192 g/mol. The van der Waals surface area contributed by atoms with Crippen molar-refractivity contribution in [2.24, 2.45) is 0 Å². The molecule has 1 aromatic heterocycles. The van der Waals surface area contributed by atoms with Crippen LogP contribution in [-0.4, -0.2) is 18.1 Å². The van der Waals surface area contributed by atoms with E-state index >= 15 is 0 Å². The molecule has 4 heteroatoms. The van der Waals surface area contributed by atoms with Crippen molar-refractivity contribution in [3.8, 4) is 0 Å². The van der Waals surface area contributed by atoms with Crippen LogP contribution < -0.4 is 5.73 Å². The van der Waals surface area contributed by atoms with Crippen molar-refractivity contribution >= 4 is 11.7 Å². The molecule has 0 aromatic carbocycles. The number of esters is 1. The van der Waals surface area contributed by atoms with Crippen molar-refractivity contribution in [1.29, 1.82) is 0 Å². The number of carbonyl (C=O) groups is 1. The predicted molar refractivity (Wildman–Crippen MR) is 56.8 cm³/mol. The van der Waals surface area contributed by atoms with E-state index in [2.05, 4.69) is 9.72 Å². The molecule has 0 fully saturated rings. The van der Waals surface area contributed by atoms with Crippen LogP contribution in [0, 0.1) is 6.92 Å². The highest BCUT2D eigenvalue weighted by Gasteiger charge is 2.22. The number of anilines is 1.